The van der Waals surface area contributed by atoms with Crippen molar-refractivity contribution in [2.45, 2.75) is 25.3 Å². The molecule has 0 aliphatic rings. The summed E-state index contributed by atoms with van der Waals surface area (Å²) in [5.74, 6) is 0. The highest BCUT2D eigenvalue weighted by molar-refractivity contribution is 7.89. The SMILES string of the molecule is Cc1cc(S(=O)(=O)N(CCN)Cc2ccccc2)c(C)s1.Cl. The van der Waals surface area contributed by atoms with E-state index in [1.807, 2.05) is 44.2 Å². The highest BCUT2D eigenvalue weighted by atomic mass is 35.5. The van der Waals surface area contributed by atoms with Crippen LogP contribution in [0.25, 0.3) is 0 Å². The average molecular weight is 361 g/mol. The van der Waals surface area contributed by atoms with Crippen molar-refractivity contribution in [3.8, 4) is 0 Å². The van der Waals surface area contributed by atoms with E-state index in [0.717, 1.165) is 15.3 Å². The fraction of sp³-hybridized carbons (Fsp3) is 0.333. The normalized spacial score (nSPS) is 11.5. The minimum Gasteiger partial charge on any atom is -0.329 e. The van der Waals surface area contributed by atoms with Crippen LogP contribution in [-0.2, 0) is 16.6 Å². The molecule has 122 valence electrons. The number of nitrogens with two attached hydrogens (primary N) is 1. The van der Waals surface area contributed by atoms with E-state index in [1.165, 1.54) is 15.6 Å². The number of nitrogens with zero attached hydrogens (tertiary/aromatic N) is 1. The summed E-state index contributed by atoms with van der Waals surface area (Å²) in [6, 6.07) is 11.3. The average Bonchev–Trinajstić information content (AvgIpc) is 2.79. The molecule has 1 heterocycles. The molecule has 2 rings (SSSR count). The maximum absolute atomic E-state index is 12.8. The first-order valence-corrected chi connectivity index (χ1v) is 9.02. The Morgan fingerprint density at radius 2 is 1.82 bits per heavy atom. The summed E-state index contributed by atoms with van der Waals surface area (Å²) in [6.45, 7) is 4.71. The third-order valence-electron chi connectivity index (χ3n) is 3.19. The summed E-state index contributed by atoms with van der Waals surface area (Å²) in [5.41, 5.74) is 6.56. The van der Waals surface area contributed by atoms with Gasteiger partial charge in [0.15, 0.2) is 0 Å². The number of benzene rings is 1. The molecular formula is C15H21ClN2O2S2. The number of aryl methyl sites for hydroxylation is 2. The predicted octanol–water partition coefficient (Wildman–Crippen LogP) is 2.94. The van der Waals surface area contributed by atoms with Gasteiger partial charge in [0.25, 0.3) is 0 Å². The molecule has 22 heavy (non-hydrogen) atoms. The van der Waals surface area contributed by atoms with Crippen LogP contribution >= 0.6 is 23.7 Å². The quantitative estimate of drug-likeness (QED) is 0.861. The molecule has 0 amide bonds. The monoisotopic (exact) mass is 360 g/mol. The lowest BCUT2D eigenvalue weighted by atomic mass is 10.2. The van der Waals surface area contributed by atoms with Gasteiger partial charge in [0.1, 0.15) is 0 Å². The number of hydrogen-bond acceptors (Lipinski definition) is 4. The lowest BCUT2D eigenvalue weighted by molar-refractivity contribution is 0.414. The van der Waals surface area contributed by atoms with Crippen molar-refractivity contribution in [2.75, 3.05) is 13.1 Å². The molecule has 1 aromatic carbocycles. The van der Waals surface area contributed by atoms with Crippen LogP contribution in [0, 0.1) is 13.8 Å². The Morgan fingerprint density at radius 3 is 2.32 bits per heavy atom. The van der Waals surface area contributed by atoms with Gasteiger partial charge in [-0.2, -0.15) is 4.31 Å². The molecule has 0 radical (unpaired) electrons. The highest BCUT2D eigenvalue weighted by Crippen LogP contribution is 2.28. The van der Waals surface area contributed by atoms with E-state index in [9.17, 15) is 8.42 Å². The van der Waals surface area contributed by atoms with E-state index in [1.54, 1.807) is 6.07 Å². The largest absolute Gasteiger partial charge is 0.329 e. The molecule has 0 fully saturated rings. The van der Waals surface area contributed by atoms with Gasteiger partial charge < -0.3 is 5.73 Å². The van der Waals surface area contributed by atoms with Crippen molar-refractivity contribution in [2.24, 2.45) is 5.73 Å². The Bertz CT molecular complexity index is 700. The second kappa shape index (κ2) is 8.08. The molecule has 4 nitrogen and oxygen atoms in total. The van der Waals surface area contributed by atoms with Gasteiger partial charge in [0, 0.05) is 29.4 Å². The first kappa shape index (κ1) is 19.1. The maximum Gasteiger partial charge on any atom is 0.244 e. The van der Waals surface area contributed by atoms with E-state index < -0.39 is 10.0 Å². The first-order chi connectivity index (χ1) is 9.95. The smallest absolute Gasteiger partial charge is 0.244 e. The molecule has 2 N–H and O–H groups in total. The molecule has 0 bridgehead atoms. The van der Waals surface area contributed by atoms with E-state index in [0.29, 0.717) is 24.5 Å². The molecule has 7 heteroatoms. The van der Waals surface area contributed by atoms with E-state index >= 15 is 0 Å². The van der Waals surface area contributed by atoms with E-state index in [-0.39, 0.29) is 12.4 Å². The second-order valence-electron chi connectivity index (χ2n) is 4.89. The minimum atomic E-state index is -3.51. The third-order valence-corrected chi connectivity index (χ3v) is 6.26. The molecule has 0 saturated carbocycles. The van der Waals surface area contributed by atoms with Gasteiger partial charge in [-0.15, -0.1) is 23.7 Å². The zero-order chi connectivity index (χ0) is 15.5. The van der Waals surface area contributed by atoms with Gasteiger partial charge in [-0.25, -0.2) is 8.42 Å². The lowest BCUT2D eigenvalue weighted by Gasteiger charge is -2.21. The molecule has 0 aliphatic heterocycles. The molecule has 0 aliphatic carbocycles. The number of rotatable bonds is 6. The van der Waals surface area contributed by atoms with Crippen LogP contribution in [0.4, 0.5) is 0 Å². The fourth-order valence-electron chi connectivity index (χ4n) is 2.22. The van der Waals surface area contributed by atoms with Crippen molar-refractivity contribution < 1.29 is 8.42 Å². The van der Waals surface area contributed by atoms with Crippen LogP contribution in [-0.4, -0.2) is 25.8 Å². The van der Waals surface area contributed by atoms with Crippen LogP contribution in [0.3, 0.4) is 0 Å². The third kappa shape index (κ3) is 4.30. The highest BCUT2D eigenvalue weighted by Gasteiger charge is 2.27. The van der Waals surface area contributed by atoms with Crippen LogP contribution < -0.4 is 5.73 Å². The van der Waals surface area contributed by atoms with Gasteiger partial charge in [-0.3, -0.25) is 0 Å². The number of hydrogen-bond donors (Lipinski definition) is 1. The van der Waals surface area contributed by atoms with Crippen molar-refractivity contribution in [1.82, 2.24) is 4.31 Å². The molecular weight excluding hydrogens is 340 g/mol. The fourth-order valence-corrected chi connectivity index (χ4v) is 5.18. The van der Waals surface area contributed by atoms with Gasteiger partial charge in [0.05, 0.1) is 4.90 Å². The van der Waals surface area contributed by atoms with Crippen molar-refractivity contribution >= 4 is 33.8 Å². The van der Waals surface area contributed by atoms with E-state index in [4.69, 9.17) is 5.73 Å². The van der Waals surface area contributed by atoms with Gasteiger partial charge >= 0.3 is 0 Å². The predicted molar refractivity (Wildman–Crippen MR) is 94.1 cm³/mol. The number of sulfonamides is 1. The van der Waals surface area contributed by atoms with Crippen LogP contribution in [0.2, 0.25) is 0 Å². The summed E-state index contributed by atoms with van der Waals surface area (Å²) in [7, 11) is -3.51. The molecule has 0 saturated heterocycles. The summed E-state index contributed by atoms with van der Waals surface area (Å²) in [5, 5.41) is 0. The summed E-state index contributed by atoms with van der Waals surface area (Å²) in [6.07, 6.45) is 0. The molecule has 2 aromatic rings. The number of halogens is 1. The zero-order valence-electron chi connectivity index (χ0n) is 12.7. The van der Waals surface area contributed by atoms with Crippen molar-refractivity contribution in [3.63, 3.8) is 0 Å². The first-order valence-electron chi connectivity index (χ1n) is 6.76. The van der Waals surface area contributed by atoms with Gasteiger partial charge in [-0.1, -0.05) is 30.3 Å². The minimum absolute atomic E-state index is 0. The Kier molecular flexibility index (Phi) is 7.02. The Labute approximate surface area is 142 Å². The Balaban J connectivity index is 0.00000242. The van der Waals surface area contributed by atoms with Crippen LogP contribution in [0.15, 0.2) is 41.3 Å². The second-order valence-corrected chi connectivity index (χ2v) is 8.26. The van der Waals surface area contributed by atoms with Crippen molar-refractivity contribution in [3.05, 3.63) is 51.7 Å². The standard InChI is InChI=1S/C15H20N2O2S2.ClH/c1-12-10-15(13(2)20-12)21(18,19)17(9-8-16)11-14-6-4-3-5-7-14;/h3-7,10H,8-9,11,16H2,1-2H3;1H. The van der Waals surface area contributed by atoms with Gasteiger partial charge in [0.2, 0.25) is 10.0 Å². The Morgan fingerprint density at radius 1 is 1.18 bits per heavy atom. The Hall–Kier alpha value is -0.920. The summed E-state index contributed by atoms with van der Waals surface area (Å²) < 4.78 is 27.1. The molecule has 0 unspecified atom stereocenters. The maximum atomic E-state index is 12.8. The number of thiophene rings is 1. The molecule has 0 atom stereocenters. The lowest BCUT2D eigenvalue weighted by Crippen LogP contribution is -2.35. The van der Waals surface area contributed by atoms with Crippen molar-refractivity contribution in [1.29, 1.82) is 0 Å². The van der Waals surface area contributed by atoms with E-state index in [2.05, 4.69) is 0 Å². The topological polar surface area (TPSA) is 63.4 Å². The van der Waals surface area contributed by atoms with Crippen LogP contribution in [0.5, 0.6) is 0 Å². The molecule has 0 spiro atoms. The van der Waals surface area contributed by atoms with Gasteiger partial charge in [-0.05, 0) is 25.5 Å². The zero-order valence-corrected chi connectivity index (χ0v) is 15.1. The summed E-state index contributed by atoms with van der Waals surface area (Å²) in [4.78, 5) is 2.22. The molecule has 1 aromatic heterocycles. The summed E-state index contributed by atoms with van der Waals surface area (Å²) >= 11 is 1.50. The van der Waals surface area contributed by atoms with Crippen LogP contribution in [0.1, 0.15) is 15.3 Å².